The van der Waals surface area contributed by atoms with E-state index in [1.54, 1.807) is 48.5 Å². The van der Waals surface area contributed by atoms with E-state index < -0.39 is 17.1 Å². The van der Waals surface area contributed by atoms with E-state index in [4.69, 9.17) is 28.2 Å². The third kappa shape index (κ3) is 7.70. The van der Waals surface area contributed by atoms with Gasteiger partial charge in [-0.25, -0.2) is 4.79 Å². The number of nitrogens with one attached hydrogen (secondary N) is 3. The SMILES string of the molecule is COC(=O)Nc1ccc([C@]2(Cl)CN=C(C(CC3CCC(O)CC3)NC(=O)/C=C/c3cc(Cl)ccc3-n3cnnn3)N2)cc1. The lowest BCUT2D eigenvalue weighted by Crippen LogP contribution is -2.49. The van der Waals surface area contributed by atoms with E-state index in [0.717, 1.165) is 31.2 Å². The van der Waals surface area contributed by atoms with Crippen LogP contribution in [0.15, 0.2) is 59.9 Å². The molecule has 1 unspecified atom stereocenters. The average Bonchev–Trinajstić information content (AvgIpc) is 3.68. The van der Waals surface area contributed by atoms with E-state index in [1.807, 2.05) is 0 Å². The highest BCUT2D eigenvalue weighted by Crippen LogP contribution is 2.33. The maximum Gasteiger partial charge on any atom is 0.411 e. The smallest absolute Gasteiger partial charge is 0.411 e. The van der Waals surface area contributed by atoms with Gasteiger partial charge in [-0.1, -0.05) is 35.3 Å². The third-order valence-electron chi connectivity index (χ3n) is 7.60. The van der Waals surface area contributed by atoms with E-state index in [0.29, 0.717) is 40.1 Å². The molecule has 0 bridgehead atoms. The van der Waals surface area contributed by atoms with E-state index in [9.17, 15) is 14.7 Å². The van der Waals surface area contributed by atoms with Crippen LogP contribution < -0.4 is 16.0 Å². The number of carbonyl (C=O) groups is 2. The molecule has 2 amide bonds. The summed E-state index contributed by atoms with van der Waals surface area (Å²) in [5.74, 6) is 0.561. The fraction of sp³-hybridized carbons (Fsp3) is 0.379. The molecular weight excluding hydrogens is 595 g/mol. The molecule has 1 aliphatic heterocycles. The minimum Gasteiger partial charge on any atom is -0.453 e. The van der Waals surface area contributed by atoms with Gasteiger partial charge in [0.05, 0.1) is 31.5 Å². The summed E-state index contributed by atoms with van der Waals surface area (Å²) < 4.78 is 6.13. The molecule has 12 nitrogen and oxygen atoms in total. The van der Waals surface area contributed by atoms with Crippen LogP contribution >= 0.6 is 23.2 Å². The van der Waals surface area contributed by atoms with Gasteiger partial charge in [-0.3, -0.25) is 15.1 Å². The number of carbonyl (C=O) groups excluding carboxylic acids is 2. The van der Waals surface area contributed by atoms with Gasteiger partial charge < -0.3 is 20.5 Å². The first kappa shape index (κ1) is 30.5. The fourth-order valence-electron chi connectivity index (χ4n) is 5.30. The zero-order valence-corrected chi connectivity index (χ0v) is 24.9. The molecule has 5 rings (SSSR count). The maximum absolute atomic E-state index is 13.3. The second-order valence-electron chi connectivity index (χ2n) is 10.6. The molecule has 14 heteroatoms. The molecule has 2 heterocycles. The first-order chi connectivity index (χ1) is 20.7. The Balaban J connectivity index is 1.31. The Bertz CT molecular complexity index is 1490. The van der Waals surface area contributed by atoms with Gasteiger partial charge in [0, 0.05) is 22.3 Å². The van der Waals surface area contributed by atoms with Crippen LogP contribution in [0.5, 0.6) is 0 Å². The van der Waals surface area contributed by atoms with Crippen molar-refractivity contribution < 1.29 is 19.4 Å². The quantitative estimate of drug-likeness (QED) is 0.158. The van der Waals surface area contributed by atoms with Crippen molar-refractivity contribution in [3.8, 4) is 5.69 Å². The standard InChI is InChI=1S/C29H32Cl2N8O4/c1-43-28(42)34-22-8-5-20(6-9-22)29(31)16-32-27(36-29)24(14-18-2-10-23(40)11-3-18)35-26(41)13-4-19-15-21(30)7-12-25(19)39-17-33-37-38-39/h4-9,12-13,15,17-18,23-24,40H,2-3,10-11,14,16H2,1H3,(H,32,36)(H,34,42)(H,35,41)/b13-4+/t18?,23?,24?,29-/m0/s1. The number of anilines is 1. The highest BCUT2D eigenvalue weighted by Gasteiger charge is 2.38. The van der Waals surface area contributed by atoms with Crippen molar-refractivity contribution in [1.82, 2.24) is 30.8 Å². The Morgan fingerprint density at radius 3 is 2.67 bits per heavy atom. The van der Waals surface area contributed by atoms with Crippen molar-refractivity contribution in [3.63, 3.8) is 0 Å². The summed E-state index contributed by atoms with van der Waals surface area (Å²) in [5, 5.41) is 30.9. The number of nitrogens with zero attached hydrogens (tertiary/aromatic N) is 5. The molecule has 43 heavy (non-hydrogen) atoms. The number of alkyl halides is 1. The topological polar surface area (TPSA) is 156 Å². The molecule has 4 N–H and O–H groups in total. The lowest BCUT2D eigenvalue weighted by Gasteiger charge is -2.30. The highest BCUT2D eigenvalue weighted by molar-refractivity contribution is 6.30. The Morgan fingerprint density at radius 1 is 1.21 bits per heavy atom. The summed E-state index contributed by atoms with van der Waals surface area (Å²) in [6.07, 6.45) is 7.51. The van der Waals surface area contributed by atoms with Gasteiger partial charge in [-0.05, 0) is 90.4 Å². The summed E-state index contributed by atoms with van der Waals surface area (Å²) in [4.78, 5) is 28.5. The first-order valence-electron chi connectivity index (χ1n) is 13.9. The molecule has 1 aromatic heterocycles. The number of amides is 2. The average molecular weight is 628 g/mol. The second-order valence-corrected chi connectivity index (χ2v) is 11.7. The third-order valence-corrected chi connectivity index (χ3v) is 8.27. The number of aliphatic hydroxyl groups excluding tert-OH is 1. The molecule has 2 aromatic carbocycles. The van der Waals surface area contributed by atoms with Crippen LogP contribution in [-0.4, -0.2) is 69.0 Å². The number of rotatable bonds is 9. The second kappa shape index (κ2) is 13.5. The summed E-state index contributed by atoms with van der Waals surface area (Å²) in [6.45, 7) is 0.247. The van der Waals surface area contributed by atoms with Crippen molar-refractivity contribution in [2.45, 2.75) is 49.2 Å². The van der Waals surface area contributed by atoms with Crippen LogP contribution in [0.4, 0.5) is 10.5 Å². The fourth-order valence-corrected chi connectivity index (χ4v) is 5.76. The Kier molecular flexibility index (Phi) is 9.59. The lowest BCUT2D eigenvalue weighted by molar-refractivity contribution is -0.116. The van der Waals surface area contributed by atoms with Crippen LogP contribution in [0.3, 0.4) is 0 Å². The number of aliphatic imine (C=N–C) groups is 1. The largest absolute Gasteiger partial charge is 0.453 e. The van der Waals surface area contributed by atoms with Gasteiger partial charge >= 0.3 is 6.09 Å². The monoisotopic (exact) mass is 626 g/mol. The van der Waals surface area contributed by atoms with Crippen LogP contribution in [0.1, 0.15) is 43.2 Å². The number of amidine groups is 1. The predicted molar refractivity (Wildman–Crippen MR) is 163 cm³/mol. The summed E-state index contributed by atoms with van der Waals surface area (Å²) >= 11 is 13.2. The van der Waals surface area contributed by atoms with Crippen LogP contribution in [0, 0.1) is 5.92 Å². The minimum atomic E-state index is -1.03. The molecule has 2 atom stereocenters. The molecule has 1 saturated carbocycles. The number of aliphatic hydroxyl groups is 1. The maximum atomic E-state index is 13.3. The number of ether oxygens (including phenoxy) is 1. The van der Waals surface area contributed by atoms with Crippen molar-refractivity contribution in [2.75, 3.05) is 19.0 Å². The molecular formula is C29H32Cl2N8O4. The zero-order chi connectivity index (χ0) is 30.4. The van der Waals surface area contributed by atoms with Crippen molar-refractivity contribution in [1.29, 1.82) is 0 Å². The zero-order valence-electron chi connectivity index (χ0n) is 23.4. The van der Waals surface area contributed by atoms with Crippen molar-refractivity contribution in [2.24, 2.45) is 10.9 Å². The van der Waals surface area contributed by atoms with E-state index in [-0.39, 0.29) is 18.6 Å². The number of hydrogen-bond donors (Lipinski definition) is 4. The normalized spacial score (nSPS) is 22.5. The number of methoxy groups -OCH3 is 1. The first-order valence-corrected chi connectivity index (χ1v) is 14.6. The molecule has 1 aliphatic carbocycles. The Labute approximate surface area is 258 Å². The van der Waals surface area contributed by atoms with Crippen molar-refractivity contribution in [3.05, 3.63) is 71.0 Å². The molecule has 2 aliphatic rings. The summed E-state index contributed by atoms with van der Waals surface area (Å²) in [5.41, 5.74) is 2.64. The number of tetrazole rings is 1. The predicted octanol–water partition coefficient (Wildman–Crippen LogP) is 4.03. The lowest BCUT2D eigenvalue weighted by atomic mass is 9.83. The van der Waals surface area contributed by atoms with Gasteiger partial charge in [0.2, 0.25) is 5.91 Å². The van der Waals surface area contributed by atoms with E-state index >= 15 is 0 Å². The Hall–Kier alpha value is -4.00. The van der Waals surface area contributed by atoms with Crippen LogP contribution in [0.25, 0.3) is 11.8 Å². The van der Waals surface area contributed by atoms with E-state index in [2.05, 4.69) is 36.2 Å². The molecule has 226 valence electrons. The highest BCUT2D eigenvalue weighted by atomic mass is 35.5. The van der Waals surface area contributed by atoms with Gasteiger partial charge in [-0.2, -0.15) is 4.68 Å². The van der Waals surface area contributed by atoms with Gasteiger partial charge in [0.25, 0.3) is 0 Å². The van der Waals surface area contributed by atoms with E-state index in [1.165, 1.54) is 24.2 Å². The number of hydrogen-bond acceptors (Lipinski definition) is 9. The molecule has 3 aromatic rings. The molecule has 1 fully saturated rings. The van der Waals surface area contributed by atoms with Gasteiger partial charge in [-0.15, -0.1) is 5.10 Å². The number of benzene rings is 2. The van der Waals surface area contributed by atoms with Crippen LogP contribution in [0.2, 0.25) is 5.02 Å². The molecule has 0 radical (unpaired) electrons. The minimum absolute atomic E-state index is 0.247. The van der Waals surface area contributed by atoms with Gasteiger partial charge in [0.15, 0.2) is 5.00 Å². The Morgan fingerprint density at radius 2 is 1.98 bits per heavy atom. The van der Waals surface area contributed by atoms with Crippen LogP contribution in [-0.2, 0) is 14.5 Å². The summed E-state index contributed by atoms with van der Waals surface area (Å²) in [7, 11) is 1.30. The van der Waals surface area contributed by atoms with Crippen molar-refractivity contribution >= 4 is 52.8 Å². The number of aromatic nitrogens is 4. The van der Waals surface area contributed by atoms with Gasteiger partial charge in [0.1, 0.15) is 12.2 Å². The number of halogens is 2. The molecule has 0 saturated heterocycles. The molecule has 0 spiro atoms. The summed E-state index contributed by atoms with van der Waals surface area (Å²) in [6, 6.07) is 11.8.